The zero-order valence-corrected chi connectivity index (χ0v) is 12.8. The Kier molecular flexibility index (Phi) is 3.51. The standard InChI is InChI=1S/C11H15N3O4S2/c1-7(2)12-11-13-9-6-8(19(3,15)16)4-5-10(9)20(17,18)14-11/h4-7H,1-3H3,(H2,12,13,14). The van der Waals surface area contributed by atoms with Crippen LogP contribution in [-0.2, 0) is 19.9 Å². The number of benzene rings is 1. The first-order chi connectivity index (χ1) is 9.09. The van der Waals surface area contributed by atoms with Crippen LogP contribution < -0.4 is 10.0 Å². The molecule has 20 heavy (non-hydrogen) atoms. The molecule has 0 aromatic heterocycles. The number of sulfone groups is 1. The predicted molar refractivity (Wildman–Crippen MR) is 76.1 cm³/mol. The van der Waals surface area contributed by atoms with E-state index in [0.717, 1.165) is 6.26 Å². The Morgan fingerprint density at radius 1 is 1.25 bits per heavy atom. The lowest BCUT2D eigenvalue weighted by Crippen LogP contribution is -2.41. The van der Waals surface area contributed by atoms with Gasteiger partial charge in [-0.05, 0) is 32.0 Å². The summed E-state index contributed by atoms with van der Waals surface area (Å²) in [6.45, 7) is 3.59. The fourth-order valence-electron chi connectivity index (χ4n) is 1.72. The SMILES string of the molecule is CC(C)N=C1Nc2cc(S(C)(=O)=O)ccc2S(=O)(=O)N1. The summed E-state index contributed by atoms with van der Waals surface area (Å²) in [6, 6.07) is 3.70. The van der Waals surface area contributed by atoms with E-state index in [1.54, 1.807) is 13.8 Å². The van der Waals surface area contributed by atoms with Gasteiger partial charge in [-0.1, -0.05) is 0 Å². The molecule has 1 aromatic rings. The van der Waals surface area contributed by atoms with Crippen molar-refractivity contribution in [2.75, 3.05) is 11.6 Å². The predicted octanol–water partition coefficient (Wildman–Crippen LogP) is 0.558. The highest BCUT2D eigenvalue weighted by atomic mass is 32.2. The minimum atomic E-state index is -3.74. The van der Waals surface area contributed by atoms with Gasteiger partial charge in [-0.25, -0.2) is 26.6 Å². The van der Waals surface area contributed by atoms with Gasteiger partial charge in [0.25, 0.3) is 10.0 Å². The van der Waals surface area contributed by atoms with Crippen molar-refractivity contribution >= 4 is 31.5 Å². The maximum absolute atomic E-state index is 12.0. The molecule has 0 saturated carbocycles. The fraction of sp³-hybridized carbons (Fsp3) is 0.364. The molecule has 0 saturated heterocycles. The van der Waals surface area contributed by atoms with Gasteiger partial charge in [0.2, 0.25) is 5.96 Å². The number of fused-ring (bicyclic) bond motifs is 1. The maximum atomic E-state index is 12.0. The monoisotopic (exact) mass is 317 g/mol. The van der Waals surface area contributed by atoms with Crippen LogP contribution in [-0.4, -0.2) is 35.1 Å². The van der Waals surface area contributed by atoms with E-state index in [-0.39, 0.29) is 27.5 Å². The second-order valence-corrected chi connectivity index (χ2v) is 8.40. The van der Waals surface area contributed by atoms with Crippen molar-refractivity contribution < 1.29 is 16.8 Å². The lowest BCUT2D eigenvalue weighted by Gasteiger charge is -2.22. The fourth-order valence-corrected chi connectivity index (χ4v) is 3.49. The third-order valence-electron chi connectivity index (χ3n) is 2.54. The molecule has 0 fully saturated rings. The summed E-state index contributed by atoms with van der Waals surface area (Å²) in [5, 5.41) is 2.79. The summed E-state index contributed by atoms with van der Waals surface area (Å²) in [4.78, 5) is 4.13. The van der Waals surface area contributed by atoms with Crippen LogP contribution in [0.25, 0.3) is 0 Å². The number of rotatable bonds is 2. The highest BCUT2D eigenvalue weighted by Gasteiger charge is 2.27. The molecule has 0 spiro atoms. The Labute approximate surface area is 118 Å². The summed E-state index contributed by atoms with van der Waals surface area (Å²) in [6.07, 6.45) is 1.06. The van der Waals surface area contributed by atoms with Crippen LogP contribution in [0.1, 0.15) is 13.8 Å². The molecular weight excluding hydrogens is 302 g/mol. The van der Waals surface area contributed by atoms with Crippen LogP contribution >= 0.6 is 0 Å². The van der Waals surface area contributed by atoms with Crippen molar-refractivity contribution in [2.45, 2.75) is 29.7 Å². The van der Waals surface area contributed by atoms with Crippen LogP contribution in [0.3, 0.4) is 0 Å². The number of guanidine groups is 1. The second-order valence-electron chi connectivity index (χ2n) is 4.73. The van der Waals surface area contributed by atoms with Crippen LogP contribution in [0.4, 0.5) is 5.69 Å². The molecule has 2 rings (SSSR count). The molecule has 9 heteroatoms. The molecular formula is C11H15N3O4S2. The largest absolute Gasteiger partial charge is 0.324 e. The second kappa shape index (κ2) is 4.74. The lowest BCUT2D eigenvalue weighted by atomic mass is 10.3. The first-order valence-electron chi connectivity index (χ1n) is 5.81. The minimum absolute atomic E-state index is 0.00685. The van der Waals surface area contributed by atoms with Crippen molar-refractivity contribution in [1.82, 2.24) is 4.72 Å². The third-order valence-corrected chi connectivity index (χ3v) is 5.05. The average molecular weight is 317 g/mol. The Morgan fingerprint density at radius 3 is 2.45 bits per heavy atom. The normalized spacial score (nSPS) is 19.3. The van der Waals surface area contributed by atoms with Crippen molar-refractivity contribution in [3.05, 3.63) is 18.2 Å². The van der Waals surface area contributed by atoms with E-state index in [0.29, 0.717) is 0 Å². The molecule has 0 radical (unpaired) electrons. The van der Waals surface area contributed by atoms with E-state index in [1.165, 1.54) is 18.2 Å². The molecule has 1 aliphatic heterocycles. The van der Waals surface area contributed by atoms with Crippen molar-refractivity contribution in [3.8, 4) is 0 Å². The van der Waals surface area contributed by atoms with Crippen LogP contribution in [0.15, 0.2) is 33.0 Å². The van der Waals surface area contributed by atoms with Gasteiger partial charge in [0.15, 0.2) is 9.84 Å². The molecule has 0 atom stereocenters. The lowest BCUT2D eigenvalue weighted by molar-refractivity contribution is 0.590. The number of sulfonamides is 1. The highest BCUT2D eigenvalue weighted by molar-refractivity contribution is 7.91. The zero-order chi connectivity index (χ0) is 15.1. The summed E-state index contributed by atoms with van der Waals surface area (Å²) in [5.41, 5.74) is 0.200. The van der Waals surface area contributed by atoms with Crippen molar-refractivity contribution in [3.63, 3.8) is 0 Å². The van der Waals surface area contributed by atoms with Gasteiger partial charge >= 0.3 is 0 Å². The summed E-state index contributed by atoms with van der Waals surface area (Å²) < 4.78 is 49.4. The molecule has 0 aliphatic carbocycles. The number of nitrogens with one attached hydrogen (secondary N) is 2. The summed E-state index contributed by atoms with van der Waals surface area (Å²) >= 11 is 0. The molecule has 1 aromatic carbocycles. The Bertz CT molecular complexity index is 780. The third kappa shape index (κ3) is 2.93. The average Bonchev–Trinajstić information content (AvgIpc) is 2.24. The Hall–Kier alpha value is -1.61. The van der Waals surface area contributed by atoms with Crippen LogP contribution in [0.2, 0.25) is 0 Å². The maximum Gasteiger partial charge on any atom is 0.266 e. The first-order valence-corrected chi connectivity index (χ1v) is 9.19. The number of anilines is 1. The Morgan fingerprint density at radius 2 is 1.90 bits per heavy atom. The number of nitrogens with zero attached hydrogens (tertiary/aromatic N) is 1. The van der Waals surface area contributed by atoms with Crippen molar-refractivity contribution in [2.24, 2.45) is 4.99 Å². The van der Waals surface area contributed by atoms with Gasteiger partial charge < -0.3 is 5.32 Å². The van der Waals surface area contributed by atoms with Gasteiger partial charge in [0, 0.05) is 12.3 Å². The summed E-state index contributed by atoms with van der Waals surface area (Å²) in [5.74, 6) is 0.0816. The molecule has 0 unspecified atom stereocenters. The van der Waals surface area contributed by atoms with Crippen LogP contribution in [0.5, 0.6) is 0 Å². The molecule has 110 valence electrons. The van der Waals surface area contributed by atoms with Gasteiger partial charge in [-0.2, -0.15) is 0 Å². The summed E-state index contributed by atoms with van der Waals surface area (Å²) in [7, 11) is -7.15. The van der Waals surface area contributed by atoms with Gasteiger partial charge in [-0.15, -0.1) is 0 Å². The quantitative estimate of drug-likeness (QED) is 0.829. The van der Waals surface area contributed by atoms with E-state index in [1.807, 2.05) is 0 Å². The topological polar surface area (TPSA) is 105 Å². The molecule has 2 N–H and O–H groups in total. The Balaban J connectivity index is 2.60. The van der Waals surface area contributed by atoms with E-state index < -0.39 is 19.9 Å². The van der Waals surface area contributed by atoms with Crippen LogP contribution in [0, 0.1) is 0 Å². The molecule has 1 aliphatic rings. The molecule has 1 heterocycles. The number of aliphatic imine (C=N–C) groups is 1. The van der Waals surface area contributed by atoms with E-state index in [9.17, 15) is 16.8 Å². The van der Waals surface area contributed by atoms with Gasteiger partial charge in [0.1, 0.15) is 4.90 Å². The van der Waals surface area contributed by atoms with E-state index in [2.05, 4.69) is 15.0 Å². The van der Waals surface area contributed by atoms with Crippen molar-refractivity contribution in [1.29, 1.82) is 0 Å². The molecule has 0 amide bonds. The minimum Gasteiger partial charge on any atom is -0.324 e. The van der Waals surface area contributed by atoms with Gasteiger partial charge in [-0.3, -0.25) is 0 Å². The molecule has 7 nitrogen and oxygen atoms in total. The van der Waals surface area contributed by atoms with E-state index in [4.69, 9.17) is 0 Å². The highest BCUT2D eigenvalue weighted by Crippen LogP contribution is 2.27. The van der Waals surface area contributed by atoms with E-state index >= 15 is 0 Å². The molecule has 0 bridgehead atoms. The van der Waals surface area contributed by atoms with Gasteiger partial charge in [0.05, 0.1) is 10.6 Å². The zero-order valence-electron chi connectivity index (χ0n) is 11.2. The number of hydrogen-bond donors (Lipinski definition) is 2. The number of hydrogen-bond acceptors (Lipinski definition) is 5. The first kappa shape index (κ1) is 14.8. The smallest absolute Gasteiger partial charge is 0.266 e.